The molecule has 78 valence electrons. The van der Waals surface area contributed by atoms with Gasteiger partial charge < -0.3 is 5.73 Å². The van der Waals surface area contributed by atoms with Gasteiger partial charge >= 0.3 is 0 Å². The number of thiophene rings is 1. The molecule has 0 fully saturated rings. The van der Waals surface area contributed by atoms with Crippen molar-refractivity contribution in [2.24, 2.45) is 0 Å². The van der Waals surface area contributed by atoms with Crippen LogP contribution < -0.4 is 5.73 Å². The average Bonchev–Trinajstić information content (AvgIpc) is 2.65. The van der Waals surface area contributed by atoms with Crippen LogP contribution in [0.3, 0.4) is 0 Å². The van der Waals surface area contributed by atoms with Crippen molar-refractivity contribution in [1.82, 2.24) is 0 Å². The first-order valence-corrected chi connectivity index (χ1v) is 6.45. The Bertz CT molecular complexity index is 476. The number of benzene rings is 1. The summed E-state index contributed by atoms with van der Waals surface area (Å²) < 4.78 is 1.15. The van der Waals surface area contributed by atoms with Crippen molar-refractivity contribution in [2.75, 3.05) is 5.73 Å². The fraction of sp³-hybridized carbons (Fsp3) is 0.167. The van der Waals surface area contributed by atoms with Gasteiger partial charge in [0, 0.05) is 10.6 Å². The third-order valence-electron chi connectivity index (χ3n) is 2.38. The maximum absolute atomic E-state index is 5.97. The van der Waals surface area contributed by atoms with Crippen molar-refractivity contribution in [2.45, 2.75) is 13.3 Å². The van der Waals surface area contributed by atoms with E-state index >= 15 is 0 Å². The predicted octanol–water partition coefficient (Wildman–Crippen LogP) is 4.32. The largest absolute Gasteiger partial charge is 0.398 e. The Morgan fingerprint density at radius 2 is 2.07 bits per heavy atom. The maximum Gasteiger partial charge on any atom is 0.0705 e. The Hall–Kier alpha value is -0.800. The van der Waals surface area contributed by atoms with Crippen molar-refractivity contribution < 1.29 is 0 Å². The van der Waals surface area contributed by atoms with Gasteiger partial charge in [0.2, 0.25) is 0 Å². The molecule has 1 heterocycles. The summed E-state index contributed by atoms with van der Waals surface area (Å²) in [4.78, 5) is 1.25. The van der Waals surface area contributed by atoms with Crippen LogP contribution in [0.5, 0.6) is 0 Å². The van der Waals surface area contributed by atoms with E-state index in [0.717, 1.165) is 15.9 Å². The Morgan fingerprint density at radius 3 is 2.60 bits per heavy atom. The summed E-state index contributed by atoms with van der Waals surface area (Å²) in [6.45, 7) is 2.12. The molecular weight excluding hydrogens is 270 g/mol. The van der Waals surface area contributed by atoms with E-state index in [-0.39, 0.29) is 0 Å². The van der Waals surface area contributed by atoms with Gasteiger partial charge in [0.05, 0.1) is 3.79 Å². The van der Waals surface area contributed by atoms with Crippen molar-refractivity contribution in [3.8, 4) is 10.4 Å². The van der Waals surface area contributed by atoms with Gasteiger partial charge in [0.15, 0.2) is 0 Å². The molecule has 1 aromatic heterocycles. The van der Waals surface area contributed by atoms with Gasteiger partial charge in [-0.15, -0.1) is 11.3 Å². The zero-order chi connectivity index (χ0) is 10.8. The predicted molar refractivity (Wildman–Crippen MR) is 71.2 cm³/mol. The van der Waals surface area contributed by atoms with Crippen LogP contribution in [0.1, 0.15) is 12.5 Å². The molecule has 0 saturated heterocycles. The minimum Gasteiger partial charge on any atom is -0.398 e. The molecule has 1 nitrogen and oxygen atoms in total. The maximum atomic E-state index is 5.97. The minimum absolute atomic E-state index is 0.888. The molecular formula is C12H12BrNS. The number of rotatable bonds is 2. The normalized spacial score (nSPS) is 10.5. The second-order valence-electron chi connectivity index (χ2n) is 3.37. The second kappa shape index (κ2) is 4.37. The number of aryl methyl sites for hydroxylation is 1. The molecule has 2 N–H and O–H groups in total. The van der Waals surface area contributed by atoms with Gasteiger partial charge in [0.1, 0.15) is 0 Å². The van der Waals surface area contributed by atoms with Gasteiger partial charge in [-0.2, -0.15) is 0 Å². The van der Waals surface area contributed by atoms with Crippen molar-refractivity contribution in [1.29, 1.82) is 0 Å². The molecule has 3 heteroatoms. The van der Waals surface area contributed by atoms with Crippen LogP contribution in [0.15, 0.2) is 34.1 Å². The van der Waals surface area contributed by atoms with Crippen LogP contribution in [0.4, 0.5) is 5.69 Å². The Balaban J connectivity index is 2.42. The number of anilines is 1. The number of hydrogen-bond donors (Lipinski definition) is 1. The van der Waals surface area contributed by atoms with Crippen LogP contribution in [-0.2, 0) is 6.42 Å². The molecule has 0 saturated carbocycles. The highest BCUT2D eigenvalue weighted by molar-refractivity contribution is 9.11. The quantitative estimate of drug-likeness (QED) is 0.815. The Kier molecular flexibility index (Phi) is 3.12. The monoisotopic (exact) mass is 281 g/mol. The van der Waals surface area contributed by atoms with Crippen molar-refractivity contribution in [3.63, 3.8) is 0 Å². The molecule has 0 atom stereocenters. The first-order chi connectivity index (χ1) is 7.20. The highest BCUT2D eigenvalue weighted by Crippen LogP contribution is 2.32. The lowest BCUT2D eigenvalue weighted by molar-refractivity contribution is 1.15. The van der Waals surface area contributed by atoms with Crippen molar-refractivity contribution >= 4 is 33.0 Å². The van der Waals surface area contributed by atoms with Gasteiger partial charge in [-0.05, 0) is 51.7 Å². The first kappa shape index (κ1) is 10.7. The van der Waals surface area contributed by atoms with E-state index in [0.29, 0.717) is 0 Å². The number of nitrogen functional groups attached to an aromatic ring is 1. The van der Waals surface area contributed by atoms with Gasteiger partial charge in [0.25, 0.3) is 0 Å². The van der Waals surface area contributed by atoms with E-state index in [9.17, 15) is 0 Å². The molecule has 0 amide bonds. The van der Waals surface area contributed by atoms with Crippen LogP contribution in [-0.4, -0.2) is 0 Å². The van der Waals surface area contributed by atoms with E-state index in [1.165, 1.54) is 16.0 Å². The van der Waals surface area contributed by atoms with E-state index in [2.05, 4.69) is 53.2 Å². The topological polar surface area (TPSA) is 26.0 Å². The zero-order valence-corrected chi connectivity index (χ0v) is 10.9. The molecule has 1 aromatic carbocycles. The molecule has 15 heavy (non-hydrogen) atoms. The first-order valence-electron chi connectivity index (χ1n) is 4.85. The SMILES string of the molecule is CCc1ccc(-c2ccc(Br)s2)cc1N. The fourth-order valence-electron chi connectivity index (χ4n) is 1.54. The zero-order valence-electron chi connectivity index (χ0n) is 8.46. The highest BCUT2D eigenvalue weighted by Gasteiger charge is 2.03. The Morgan fingerprint density at radius 1 is 1.27 bits per heavy atom. The molecule has 0 aliphatic rings. The van der Waals surface area contributed by atoms with E-state index in [4.69, 9.17) is 5.73 Å². The molecule has 0 bridgehead atoms. The van der Waals surface area contributed by atoms with Gasteiger partial charge in [-0.25, -0.2) is 0 Å². The van der Waals surface area contributed by atoms with Crippen molar-refractivity contribution in [3.05, 3.63) is 39.7 Å². The number of nitrogens with two attached hydrogens (primary N) is 1. The third-order valence-corrected chi connectivity index (χ3v) is 4.06. The lowest BCUT2D eigenvalue weighted by Gasteiger charge is -2.04. The van der Waals surface area contributed by atoms with Gasteiger partial charge in [-0.1, -0.05) is 19.1 Å². The van der Waals surface area contributed by atoms with E-state index in [1.807, 2.05) is 0 Å². The molecule has 0 aliphatic carbocycles. The molecule has 0 radical (unpaired) electrons. The molecule has 2 rings (SSSR count). The molecule has 0 spiro atoms. The minimum atomic E-state index is 0.888. The second-order valence-corrected chi connectivity index (χ2v) is 5.83. The highest BCUT2D eigenvalue weighted by atomic mass is 79.9. The lowest BCUT2D eigenvalue weighted by Crippen LogP contribution is -1.92. The summed E-state index contributed by atoms with van der Waals surface area (Å²) in [6, 6.07) is 10.5. The van der Waals surface area contributed by atoms with Crippen LogP contribution >= 0.6 is 27.3 Å². The standard InChI is InChI=1S/C12H12BrNS/c1-2-8-3-4-9(7-10(8)14)11-5-6-12(13)15-11/h3-7H,2,14H2,1H3. The summed E-state index contributed by atoms with van der Waals surface area (Å²) in [5.41, 5.74) is 9.27. The molecule has 2 aromatic rings. The van der Waals surface area contributed by atoms with Crippen LogP contribution in [0, 0.1) is 0 Å². The summed E-state index contributed by atoms with van der Waals surface area (Å²) in [7, 11) is 0. The summed E-state index contributed by atoms with van der Waals surface area (Å²) >= 11 is 5.19. The smallest absolute Gasteiger partial charge is 0.0705 e. The summed E-state index contributed by atoms with van der Waals surface area (Å²) in [6.07, 6.45) is 0.986. The van der Waals surface area contributed by atoms with Crippen LogP contribution in [0.2, 0.25) is 0 Å². The van der Waals surface area contributed by atoms with Crippen LogP contribution in [0.25, 0.3) is 10.4 Å². The van der Waals surface area contributed by atoms with E-state index < -0.39 is 0 Å². The number of halogens is 1. The molecule has 0 aliphatic heterocycles. The fourth-order valence-corrected chi connectivity index (χ4v) is 2.92. The number of hydrogen-bond acceptors (Lipinski definition) is 2. The summed E-state index contributed by atoms with van der Waals surface area (Å²) in [5.74, 6) is 0. The Labute approximate surface area is 102 Å². The van der Waals surface area contributed by atoms with Gasteiger partial charge in [-0.3, -0.25) is 0 Å². The lowest BCUT2D eigenvalue weighted by atomic mass is 10.1. The summed E-state index contributed by atoms with van der Waals surface area (Å²) in [5, 5.41) is 0. The molecule has 0 unspecified atom stereocenters. The third kappa shape index (κ3) is 2.24. The average molecular weight is 282 g/mol. The van der Waals surface area contributed by atoms with E-state index in [1.54, 1.807) is 11.3 Å².